The minimum atomic E-state index is -0.267. The van der Waals surface area contributed by atoms with Crippen LogP contribution in [0.3, 0.4) is 0 Å². The molecular weight excluding hydrogens is 448 g/mol. The number of hydrogen-bond acceptors (Lipinski definition) is 7. The van der Waals surface area contributed by atoms with Crippen molar-refractivity contribution in [1.82, 2.24) is 15.3 Å². The largest absolute Gasteiger partial charge is 0.493 e. The van der Waals surface area contributed by atoms with Gasteiger partial charge in [0.2, 0.25) is 11.6 Å². The molecule has 0 radical (unpaired) electrons. The monoisotopic (exact) mass is 470 g/mol. The molecule has 0 saturated heterocycles. The molecule has 5 rings (SSSR count). The zero-order valence-electron chi connectivity index (χ0n) is 18.0. The quantitative estimate of drug-likeness (QED) is 0.545. The first-order valence-corrected chi connectivity index (χ1v) is 11.2. The highest BCUT2D eigenvalue weighted by molar-refractivity contribution is 6.33. The zero-order chi connectivity index (χ0) is 22.8. The number of ether oxygens (including phenoxy) is 4. The van der Waals surface area contributed by atoms with E-state index in [1.165, 1.54) is 6.33 Å². The van der Waals surface area contributed by atoms with Crippen LogP contribution in [0.2, 0.25) is 5.02 Å². The second kappa shape index (κ2) is 9.19. The lowest BCUT2D eigenvalue weighted by molar-refractivity contribution is 0.167. The first kappa shape index (κ1) is 21.4. The minimum absolute atomic E-state index is 0.216. The van der Waals surface area contributed by atoms with E-state index in [4.69, 9.17) is 30.5 Å². The van der Waals surface area contributed by atoms with Crippen LogP contribution < -0.4 is 29.6 Å². The predicted octanol–water partition coefficient (Wildman–Crippen LogP) is 4.92. The summed E-state index contributed by atoms with van der Waals surface area (Å²) in [7, 11) is 1.56. The van der Waals surface area contributed by atoms with Crippen LogP contribution in [0.4, 0.5) is 10.5 Å². The van der Waals surface area contributed by atoms with Crippen molar-refractivity contribution in [3.63, 3.8) is 0 Å². The molecule has 1 saturated carbocycles. The number of carbonyl (C=O) groups is 1. The van der Waals surface area contributed by atoms with Crippen molar-refractivity contribution >= 4 is 34.2 Å². The molecule has 2 heterocycles. The highest BCUT2D eigenvalue weighted by Crippen LogP contribution is 2.47. The molecule has 172 valence electrons. The van der Waals surface area contributed by atoms with E-state index < -0.39 is 0 Å². The topological polar surface area (TPSA) is 104 Å². The SMILES string of the molecule is COc1cc2ncnc(Oc3ccc(NC(=O)NC4CCCC4)c(Cl)c3)c2c2c1OCCO2. The van der Waals surface area contributed by atoms with Crippen LogP contribution in [0.1, 0.15) is 25.7 Å². The summed E-state index contributed by atoms with van der Waals surface area (Å²) in [6.07, 6.45) is 5.69. The Kier molecular flexibility index (Phi) is 5.95. The number of benzene rings is 2. The van der Waals surface area contributed by atoms with Crippen LogP contribution in [0.15, 0.2) is 30.6 Å². The number of halogens is 1. The van der Waals surface area contributed by atoms with Gasteiger partial charge in [0, 0.05) is 18.2 Å². The van der Waals surface area contributed by atoms with Gasteiger partial charge in [0.1, 0.15) is 30.7 Å². The molecule has 10 heteroatoms. The lowest BCUT2D eigenvalue weighted by Crippen LogP contribution is -2.36. The summed E-state index contributed by atoms with van der Waals surface area (Å²) in [5.41, 5.74) is 1.08. The number of fused-ring (bicyclic) bond motifs is 3. The van der Waals surface area contributed by atoms with E-state index in [1.807, 2.05) is 0 Å². The van der Waals surface area contributed by atoms with E-state index in [2.05, 4.69) is 20.6 Å². The lowest BCUT2D eigenvalue weighted by Gasteiger charge is -2.22. The number of hydrogen-bond donors (Lipinski definition) is 2. The Morgan fingerprint density at radius 2 is 1.91 bits per heavy atom. The van der Waals surface area contributed by atoms with Crippen molar-refractivity contribution in [2.75, 3.05) is 25.6 Å². The summed E-state index contributed by atoms with van der Waals surface area (Å²) in [5.74, 6) is 2.22. The number of nitrogens with one attached hydrogen (secondary N) is 2. The summed E-state index contributed by atoms with van der Waals surface area (Å²) >= 11 is 6.41. The maximum atomic E-state index is 12.3. The fourth-order valence-corrected chi connectivity index (χ4v) is 4.32. The number of rotatable bonds is 5. The molecule has 0 spiro atoms. The molecule has 3 aromatic rings. The van der Waals surface area contributed by atoms with E-state index in [1.54, 1.807) is 31.4 Å². The van der Waals surface area contributed by atoms with Crippen LogP contribution in [0.5, 0.6) is 28.9 Å². The standard InChI is InChI=1S/C23H23ClN4O5/c1-30-18-11-17-19(21-20(18)31-8-9-32-21)22(26-12-25-17)33-14-6-7-16(15(24)10-14)28-23(29)27-13-4-2-3-5-13/h6-7,10-13H,2-5,8-9H2,1H3,(H2,27,28,29). The molecular formula is C23H23ClN4O5. The molecule has 1 aliphatic heterocycles. The number of carbonyl (C=O) groups excluding carboxylic acids is 1. The predicted molar refractivity (Wildman–Crippen MR) is 123 cm³/mol. The van der Waals surface area contributed by atoms with Crippen LogP contribution in [-0.4, -0.2) is 42.4 Å². The first-order valence-electron chi connectivity index (χ1n) is 10.8. The minimum Gasteiger partial charge on any atom is -0.493 e. The molecule has 1 fully saturated rings. The summed E-state index contributed by atoms with van der Waals surface area (Å²) in [5, 5.41) is 6.69. The highest BCUT2D eigenvalue weighted by atomic mass is 35.5. The number of aromatic nitrogens is 2. The Bertz CT molecular complexity index is 1200. The molecule has 33 heavy (non-hydrogen) atoms. The molecule has 2 aliphatic rings. The number of urea groups is 1. The van der Waals surface area contributed by atoms with Crippen LogP contribution in [-0.2, 0) is 0 Å². The summed E-state index contributed by atoms with van der Waals surface area (Å²) in [6.45, 7) is 0.801. The van der Waals surface area contributed by atoms with E-state index in [0.717, 1.165) is 25.7 Å². The lowest BCUT2D eigenvalue weighted by atomic mass is 10.1. The van der Waals surface area contributed by atoms with Gasteiger partial charge in [-0.1, -0.05) is 24.4 Å². The Balaban J connectivity index is 1.39. The van der Waals surface area contributed by atoms with Crippen molar-refractivity contribution in [3.8, 4) is 28.9 Å². The van der Waals surface area contributed by atoms with E-state index in [0.29, 0.717) is 63.7 Å². The van der Waals surface area contributed by atoms with Gasteiger partial charge in [-0.25, -0.2) is 14.8 Å². The summed E-state index contributed by atoms with van der Waals surface area (Å²) in [6, 6.07) is 6.71. The fraction of sp³-hybridized carbons (Fsp3) is 0.348. The number of amides is 2. The van der Waals surface area contributed by atoms with Crippen molar-refractivity contribution in [1.29, 1.82) is 0 Å². The van der Waals surface area contributed by atoms with Gasteiger partial charge in [-0.15, -0.1) is 0 Å². The second-order valence-corrected chi connectivity index (χ2v) is 8.24. The van der Waals surface area contributed by atoms with E-state index >= 15 is 0 Å². The van der Waals surface area contributed by atoms with E-state index in [-0.39, 0.29) is 12.1 Å². The van der Waals surface area contributed by atoms with Crippen LogP contribution >= 0.6 is 11.6 Å². The Morgan fingerprint density at radius 1 is 1.12 bits per heavy atom. The molecule has 0 unspecified atom stereocenters. The maximum Gasteiger partial charge on any atom is 0.319 e. The molecule has 9 nitrogen and oxygen atoms in total. The van der Waals surface area contributed by atoms with Gasteiger partial charge in [-0.05, 0) is 25.0 Å². The molecule has 0 bridgehead atoms. The number of anilines is 1. The molecule has 2 aromatic carbocycles. The maximum absolute atomic E-state index is 12.3. The first-order chi connectivity index (χ1) is 16.1. The normalized spacial score (nSPS) is 15.3. The zero-order valence-corrected chi connectivity index (χ0v) is 18.8. The van der Waals surface area contributed by atoms with Gasteiger partial charge >= 0.3 is 6.03 Å². The molecule has 1 aromatic heterocycles. The van der Waals surface area contributed by atoms with Crippen molar-refractivity contribution in [3.05, 3.63) is 35.6 Å². The Morgan fingerprint density at radius 3 is 2.67 bits per heavy atom. The van der Waals surface area contributed by atoms with Gasteiger partial charge in [-0.2, -0.15) is 0 Å². The summed E-state index contributed by atoms with van der Waals surface area (Å²) < 4.78 is 23.1. The highest BCUT2D eigenvalue weighted by Gasteiger charge is 2.25. The Labute approximate surface area is 195 Å². The van der Waals surface area contributed by atoms with Gasteiger partial charge in [0.05, 0.1) is 23.3 Å². The smallest absolute Gasteiger partial charge is 0.319 e. The average Bonchev–Trinajstić information content (AvgIpc) is 3.33. The third kappa shape index (κ3) is 4.41. The van der Waals surface area contributed by atoms with Crippen LogP contribution in [0.25, 0.3) is 10.9 Å². The van der Waals surface area contributed by atoms with Gasteiger partial charge in [0.25, 0.3) is 0 Å². The van der Waals surface area contributed by atoms with E-state index in [9.17, 15) is 4.79 Å². The molecule has 1 aliphatic carbocycles. The van der Waals surface area contributed by atoms with Crippen molar-refractivity contribution < 1.29 is 23.7 Å². The third-order valence-corrected chi connectivity index (χ3v) is 5.97. The number of methoxy groups -OCH3 is 1. The van der Waals surface area contributed by atoms with Gasteiger partial charge in [0.15, 0.2) is 11.5 Å². The van der Waals surface area contributed by atoms with Crippen LogP contribution in [0, 0.1) is 0 Å². The second-order valence-electron chi connectivity index (χ2n) is 7.83. The average molecular weight is 471 g/mol. The Hall–Kier alpha value is -3.46. The van der Waals surface area contributed by atoms with Crippen molar-refractivity contribution in [2.45, 2.75) is 31.7 Å². The fourth-order valence-electron chi connectivity index (χ4n) is 4.10. The van der Waals surface area contributed by atoms with Crippen molar-refractivity contribution in [2.24, 2.45) is 0 Å². The number of nitrogens with zero attached hydrogens (tertiary/aromatic N) is 2. The van der Waals surface area contributed by atoms with Gasteiger partial charge < -0.3 is 29.6 Å². The molecule has 0 atom stereocenters. The third-order valence-electron chi connectivity index (χ3n) is 5.66. The molecule has 2 N–H and O–H groups in total. The summed E-state index contributed by atoms with van der Waals surface area (Å²) in [4.78, 5) is 20.9. The molecule has 2 amide bonds. The van der Waals surface area contributed by atoms with Gasteiger partial charge in [-0.3, -0.25) is 0 Å².